The molecule has 3 nitrogen and oxygen atoms in total. The SMILES string of the molecule is Cc1ncsc1C(=O)NC1CC(C)CCC1C(C)C. The predicted octanol–water partition coefficient (Wildman–Crippen LogP) is 3.64. The van der Waals surface area contributed by atoms with E-state index in [0.717, 1.165) is 17.0 Å². The van der Waals surface area contributed by atoms with Crippen LogP contribution in [0.15, 0.2) is 5.51 Å². The van der Waals surface area contributed by atoms with Crippen LogP contribution in [0.25, 0.3) is 0 Å². The summed E-state index contributed by atoms with van der Waals surface area (Å²) >= 11 is 1.43. The average molecular weight is 280 g/mol. The largest absolute Gasteiger partial charge is 0.348 e. The fourth-order valence-corrected chi connectivity index (χ4v) is 3.83. The van der Waals surface area contributed by atoms with Crippen LogP contribution in [0.2, 0.25) is 0 Å². The molecule has 3 atom stereocenters. The van der Waals surface area contributed by atoms with Gasteiger partial charge in [0.15, 0.2) is 0 Å². The minimum atomic E-state index is 0.0600. The van der Waals surface area contributed by atoms with Gasteiger partial charge < -0.3 is 5.32 Å². The summed E-state index contributed by atoms with van der Waals surface area (Å²) in [6, 6.07) is 0.317. The molecule has 1 aromatic rings. The van der Waals surface area contributed by atoms with Gasteiger partial charge in [-0.15, -0.1) is 11.3 Å². The average Bonchev–Trinajstić information content (AvgIpc) is 2.75. The lowest BCUT2D eigenvalue weighted by Crippen LogP contribution is -2.45. The van der Waals surface area contributed by atoms with Crippen molar-refractivity contribution in [3.8, 4) is 0 Å². The van der Waals surface area contributed by atoms with E-state index < -0.39 is 0 Å². The van der Waals surface area contributed by atoms with Gasteiger partial charge >= 0.3 is 0 Å². The number of amides is 1. The Kier molecular flexibility index (Phi) is 4.61. The van der Waals surface area contributed by atoms with Gasteiger partial charge in [-0.3, -0.25) is 4.79 Å². The number of carbonyl (C=O) groups is 1. The molecule has 0 radical (unpaired) electrons. The van der Waals surface area contributed by atoms with E-state index in [1.807, 2.05) is 6.92 Å². The second-order valence-electron chi connectivity index (χ2n) is 6.17. The van der Waals surface area contributed by atoms with Crippen molar-refractivity contribution >= 4 is 17.2 Å². The van der Waals surface area contributed by atoms with Crippen molar-refractivity contribution in [3.05, 3.63) is 16.1 Å². The van der Waals surface area contributed by atoms with E-state index in [4.69, 9.17) is 0 Å². The Hall–Kier alpha value is -0.900. The molecule has 0 aliphatic heterocycles. The molecule has 0 saturated heterocycles. The molecule has 106 valence electrons. The molecule has 1 aromatic heterocycles. The third-order valence-corrected chi connectivity index (χ3v) is 5.22. The lowest BCUT2D eigenvalue weighted by molar-refractivity contribution is 0.0871. The normalized spacial score (nSPS) is 27.5. The van der Waals surface area contributed by atoms with E-state index in [-0.39, 0.29) is 5.91 Å². The van der Waals surface area contributed by atoms with Crippen LogP contribution in [0.1, 0.15) is 55.4 Å². The van der Waals surface area contributed by atoms with Crippen LogP contribution in [0.5, 0.6) is 0 Å². The van der Waals surface area contributed by atoms with Crippen molar-refractivity contribution in [2.75, 3.05) is 0 Å². The highest BCUT2D eigenvalue weighted by Gasteiger charge is 2.32. The monoisotopic (exact) mass is 280 g/mol. The molecular weight excluding hydrogens is 256 g/mol. The van der Waals surface area contributed by atoms with Gasteiger partial charge in [0.2, 0.25) is 0 Å². The fraction of sp³-hybridized carbons (Fsp3) is 0.733. The predicted molar refractivity (Wildman–Crippen MR) is 79.4 cm³/mol. The maximum atomic E-state index is 12.3. The molecular formula is C15H24N2OS. The molecule has 1 aliphatic rings. The summed E-state index contributed by atoms with van der Waals surface area (Å²) < 4.78 is 0. The van der Waals surface area contributed by atoms with E-state index in [1.165, 1.54) is 24.2 Å². The number of rotatable bonds is 3. The molecule has 1 aliphatic carbocycles. The van der Waals surface area contributed by atoms with E-state index in [9.17, 15) is 4.79 Å². The smallest absolute Gasteiger partial charge is 0.263 e. The Bertz CT molecular complexity index is 441. The van der Waals surface area contributed by atoms with Crippen LogP contribution in [-0.4, -0.2) is 16.9 Å². The van der Waals surface area contributed by atoms with Gasteiger partial charge in [-0.1, -0.05) is 27.2 Å². The number of carbonyl (C=O) groups excluding carboxylic acids is 1. The quantitative estimate of drug-likeness (QED) is 0.918. The molecule has 19 heavy (non-hydrogen) atoms. The molecule has 2 rings (SSSR count). The van der Waals surface area contributed by atoms with E-state index in [2.05, 4.69) is 31.1 Å². The van der Waals surface area contributed by atoms with Gasteiger partial charge in [0.25, 0.3) is 5.91 Å². The first kappa shape index (κ1) is 14.5. The fourth-order valence-electron chi connectivity index (χ4n) is 3.12. The Morgan fingerprint density at radius 1 is 1.47 bits per heavy atom. The number of aromatic nitrogens is 1. The van der Waals surface area contributed by atoms with Gasteiger partial charge in [-0.25, -0.2) is 4.98 Å². The summed E-state index contributed by atoms with van der Waals surface area (Å²) in [6.07, 6.45) is 3.62. The molecule has 1 amide bonds. The molecule has 1 fully saturated rings. The number of nitrogens with zero attached hydrogens (tertiary/aromatic N) is 1. The molecule has 0 bridgehead atoms. The first-order valence-corrected chi connectivity index (χ1v) is 8.08. The Balaban J connectivity index is 2.07. The van der Waals surface area contributed by atoms with Gasteiger partial charge in [0.05, 0.1) is 11.2 Å². The summed E-state index contributed by atoms with van der Waals surface area (Å²) in [5.41, 5.74) is 2.58. The van der Waals surface area contributed by atoms with Crippen LogP contribution >= 0.6 is 11.3 Å². The van der Waals surface area contributed by atoms with Crippen LogP contribution in [0.4, 0.5) is 0 Å². The maximum absolute atomic E-state index is 12.3. The number of hydrogen-bond donors (Lipinski definition) is 1. The van der Waals surface area contributed by atoms with E-state index in [0.29, 0.717) is 23.8 Å². The first-order chi connectivity index (χ1) is 8.99. The number of aryl methyl sites for hydroxylation is 1. The van der Waals surface area contributed by atoms with Crippen molar-refractivity contribution < 1.29 is 4.79 Å². The van der Waals surface area contributed by atoms with Gasteiger partial charge in [0.1, 0.15) is 4.88 Å². The Morgan fingerprint density at radius 3 is 2.79 bits per heavy atom. The standard InChI is InChI=1S/C15H24N2OS/c1-9(2)12-6-5-10(3)7-13(12)17-15(18)14-11(4)16-8-19-14/h8-10,12-13H,5-7H2,1-4H3,(H,17,18). The molecule has 3 unspecified atom stereocenters. The van der Waals surface area contributed by atoms with Crippen molar-refractivity contribution in [1.82, 2.24) is 10.3 Å². The van der Waals surface area contributed by atoms with Crippen LogP contribution in [0, 0.1) is 24.7 Å². The highest BCUT2D eigenvalue weighted by molar-refractivity contribution is 7.11. The summed E-state index contributed by atoms with van der Waals surface area (Å²) in [5, 5.41) is 3.26. The molecule has 1 saturated carbocycles. The molecule has 1 N–H and O–H groups in total. The van der Waals surface area contributed by atoms with Gasteiger partial charge in [-0.2, -0.15) is 0 Å². The summed E-state index contributed by atoms with van der Waals surface area (Å²) in [7, 11) is 0. The van der Waals surface area contributed by atoms with Crippen LogP contribution in [-0.2, 0) is 0 Å². The summed E-state index contributed by atoms with van der Waals surface area (Å²) in [4.78, 5) is 17.3. The highest BCUT2D eigenvalue weighted by atomic mass is 32.1. The first-order valence-electron chi connectivity index (χ1n) is 7.20. The van der Waals surface area contributed by atoms with Crippen molar-refractivity contribution in [2.45, 2.75) is 53.0 Å². The summed E-state index contributed by atoms with van der Waals surface area (Å²) in [6.45, 7) is 8.71. The topological polar surface area (TPSA) is 42.0 Å². The van der Waals surface area contributed by atoms with E-state index >= 15 is 0 Å². The zero-order valence-electron chi connectivity index (χ0n) is 12.3. The Morgan fingerprint density at radius 2 is 2.21 bits per heavy atom. The third-order valence-electron chi connectivity index (χ3n) is 4.29. The van der Waals surface area contributed by atoms with Crippen molar-refractivity contribution in [2.24, 2.45) is 17.8 Å². The van der Waals surface area contributed by atoms with Gasteiger partial charge in [-0.05, 0) is 37.5 Å². The number of hydrogen-bond acceptors (Lipinski definition) is 3. The van der Waals surface area contributed by atoms with Crippen molar-refractivity contribution in [3.63, 3.8) is 0 Å². The van der Waals surface area contributed by atoms with E-state index in [1.54, 1.807) is 5.51 Å². The second-order valence-corrected chi connectivity index (χ2v) is 7.03. The lowest BCUT2D eigenvalue weighted by Gasteiger charge is -2.37. The van der Waals surface area contributed by atoms with Crippen LogP contribution in [0.3, 0.4) is 0 Å². The molecule has 1 heterocycles. The molecule has 0 spiro atoms. The lowest BCUT2D eigenvalue weighted by atomic mass is 9.74. The third kappa shape index (κ3) is 3.35. The van der Waals surface area contributed by atoms with Crippen molar-refractivity contribution in [1.29, 1.82) is 0 Å². The number of thiazole rings is 1. The summed E-state index contributed by atoms with van der Waals surface area (Å²) in [5.74, 6) is 2.00. The highest BCUT2D eigenvalue weighted by Crippen LogP contribution is 2.33. The minimum Gasteiger partial charge on any atom is -0.348 e. The van der Waals surface area contributed by atoms with Crippen LogP contribution < -0.4 is 5.32 Å². The second kappa shape index (κ2) is 6.04. The zero-order valence-corrected chi connectivity index (χ0v) is 13.1. The van der Waals surface area contributed by atoms with Gasteiger partial charge in [0, 0.05) is 6.04 Å². The number of nitrogens with one attached hydrogen (secondary N) is 1. The zero-order chi connectivity index (χ0) is 14.0. The Labute approximate surface area is 119 Å². The molecule has 4 heteroatoms. The molecule has 0 aromatic carbocycles. The maximum Gasteiger partial charge on any atom is 0.263 e. The minimum absolute atomic E-state index is 0.0600.